The van der Waals surface area contributed by atoms with Gasteiger partial charge in [-0.2, -0.15) is 0 Å². The maximum Gasteiger partial charge on any atom is 0.0666 e. The van der Waals surface area contributed by atoms with Gasteiger partial charge >= 0.3 is 0 Å². The number of nitrogens with zero attached hydrogens (tertiary/aromatic N) is 2. The van der Waals surface area contributed by atoms with Crippen molar-refractivity contribution in [3.8, 4) is 11.8 Å². The molecule has 0 saturated carbocycles. The Labute approximate surface area is 196 Å². The van der Waals surface area contributed by atoms with Gasteiger partial charge in [-0.25, -0.2) is 0 Å². The van der Waals surface area contributed by atoms with E-state index in [0.29, 0.717) is 0 Å². The van der Waals surface area contributed by atoms with Crippen LogP contribution in [-0.2, 0) is 6.42 Å². The molecule has 0 bridgehead atoms. The largest absolute Gasteiger partial charge is 0.252 e. The molecule has 2 aromatic rings. The summed E-state index contributed by atoms with van der Waals surface area (Å²) in [5.41, 5.74) is 8.18. The highest BCUT2D eigenvalue weighted by atomic mass is 14.8. The molecule has 170 valence electrons. The van der Waals surface area contributed by atoms with Gasteiger partial charge in [0.15, 0.2) is 0 Å². The summed E-state index contributed by atoms with van der Waals surface area (Å²) in [4.78, 5) is 10.4. The highest BCUT2D eigenvalue weighted by molar-refractivity contribution is 6.43. The Morgan fingerprint density at radius 1 is 0.781 bits per heavy atom. The van der Waals surface area contributed by atoms with Gasteiger partial charge in [0.05, 0.1) is 22.8 Å². The van der Waals surface area contributed by atoms with Crippen LogP contribution in [0, 0.1) is 25.7 Å². The number of unbranched alkanes of at least 4 members (excludes halogenated alkanes) is 2. The third-order valence-electron chi connectivity index (χ3n) is 5.41. The zero-order chi connectivity index (χ0) is 23.2. The Morgan fingerprint density at radius 2 is 1.41 bits per heavy atom. The molecule has 0 atom stereocenters. The minimum atomic E-state index is 0.879. The van der Waals surface area contributed by atoms with Gasteiger partial charge in [0, 0.05) is 12.8 Å². The van der Waals surface area contributed by atoms with Crippen molar-refractivity contribution in [2.75, 3.05) is 0 Å². The lowest BCUT2D eigenvalue weighted by molar-refractivity contribution is 0.824. The van der Waals surface area contributed by atoms with E-state index in [1.54, 1.807) is 0 Å². The van der Waals surface area contributed by atoms with E-state index in [9.17, 15) is 0 Å². The first-order chi connectivity index (χ1) is 15.6. The van der Waals surface area contributed by atoms with Crippen LogP contribution in [0.4, 0.5) is 11.4 Å². The average molecular weight is 429 g/mol. The summed E-state index contributed by atoms with van der Waals surface area (Å²) < 4.78 is 0. The van der Waals surface area contributed by atoms with Crippen molar-refractivity contribution in [2.45, 2.75) is 92.4 Å². The van der Waals surface area contributed by atoms with Gasteiger partial charge in [0.25, 0.3) is 0 Å². The van der Waals surface area contributed by atoms with Crippen LogP contribution in [0.15, 0.2) is 52.4 Å². The van der Waals surface area contributed by atoms with Gasteiger partial charge in [0.1, 0.15) is 0 Å². The zero-order valence-electron chi connectivity index (χ0n) is 20.8. The van der Waals surface area contributed by atoms with Gasteiger partial charge in [-0.15, -0.1) is 11.8 Å². The summed E-state index contributed by atoms with van der Waals surface area (Å²) in [6.45, 7) is 10.9. The topological polar surface area (TPSA) is 24.7 Å². The van der Waals surface area contributed by atoms with E-state index in [-0.39, 0.29) is 0 Å². The number of rotatable bonds is 11. The van der Waals surface area contributed by atoms with E-state index in [0.717, 1.165) is 80.6 Å². The van der Waals surface area contributed by atoms with Crippen molar-refractivity contribution in [3.63, 3.8) is 0 Å². The molecule has 2 heteroatoms. The molecule has 0 fully saturated rings. The first-order valence-electron chi connectivity index (χ1n) is 12.3. The van der Waals surface area contributed by atoms with Crippen molar-refractivity contribution in [1.29, 1.82) is 0 Å². The average Bonchev–Trinajstić information content (AvgIpc) is 2.77. The maximum atomic E-state index is 5.23. The van der Waals surface area contributed by atoms with Crippen LogP contribution in [0.1, 0.15) is 88.8 Å². The van der Waals surface area contributed by atoms with Crippen LogP contribution < -0.4 is 0 Å². The number of aryl methyl sites for hydroxylation is 3. The van der Waals surface area contributed by atoms with E-state index < -0.39 is 0 Å². The van der Waals surface area contributed by atoms with E-state index in [4.69, 9.17) is 9.98 Å². The molecule has 2 rings (SSSR count). The predicted octanol–water partition coefficient (Wildman–Crippen LogP) is 8.88. The monoisotopic (exact) mass is 428 g/mol. The maximum absolute atomic E-state index is 5.23. The fourth-order valence-electron chi connectivity index (χ4n) is 3.78. The summed E-state index contributed by atoms with van der Waals surface area (Å²) >= 11 is 0. The molecule has 2 aromatic carbocycles. The molecular formula is C30H40N2. The molecule has 0 saturated heterocycles. The third kappa shape index (κ3) is 8.83. The Kier molecular flexibility index (Phi) is 11.5. The number of benzene rings is 2. The van der Waals surface area contributed by atoms with Crippen molar-refractivity contribution in [3.05, 3.63) is 59.2 Å². The Bertz CT molecular complexity index is 950. The summed E-state index contributed by atoms with van der Waals surface area (Å²) in [6, 6.07) is 15.1. The molecule has 0 aliphatic rings. The normalized spacial score (nSPS) is 11.9. The van der Waals surface area contributed by atoms with Gasteiger partial charge in [-0.3, -0.25) is 9.98 Å². The molecule has 0 amide bonds. The Balaban J connectivity index is 2.48. The van der Waals surface area contributed by atoms with Crippen molar-refractivity contribution >= 4 is 22.8 Å². The molecule has 0 radical (unpaired) electrons. The van der Waals surface area contributed by atoms with E-state index in [2.05, 4.69) is 88.9 Å². The second-order valence-corrected chi connectivity index (χ2v) is 8.51. The van der Waals surface area contributed by atoms with Crippen LogP contribution in [0.5, 0.6) is 0 Å². The molecule has 2 nitrogen and oxygen atoms in total. The highest BCUT2D eigenvalue weighted by Crippen LogP contribution is 2.24. The third-order valence-corrected chi connectivity index (χ3v) is 5.41. The molecule has 0 aromatic heterocycles. The minimum absolute atomic E-state index is 0.879. The van der Waals surface area contributed by atoms with Crippen LogP contribution >= 0.6 is 0 Å². The SMILES string of the molecule is CCC#CCCc1ccccc1N=C(CCCC)C(CCCC)=Nc1cc(C)cc(C)c1. The fourth-order valence-corrected chi connectivity index (χ4v) is 3.78. The lowest BCUT2D eigenvalue weighted by Crippen LogP contribution is -2.14. The van der Waals surface area contributed by atoms with Gasteiger partial charge in [0.2, 0.25) is 0 Å². The molecule has 32 heavy (non-hydrogen) atoms. The quantitative estimate of drug-likeness (QED) is 0.252. The lowest BCUT2D eigenvalue weighted by atomic mass is 10.0. The number of para-hydroxylation sites is 1. The molecular weight excluding hydrogens is 388 g/mol. The Hall–Kier alpha value is -2.66. The molecule has 0 N–H and O–H groups in total. The van der Waals surface area contributed by atoms with Crippen molar-refractivity contribution < 1.29 is 0 Å². The summed E-state index contributed by atoms with van der Waals surface area (Å²) in [5, 5.41) is 0. The van der Waals surface area contributed by atoms with Crippen LogP contribution in [-0.4, -0.2) is 11.4 Å². The second-order valence-electron chi connectivity index (χ2n) is 8.51. The predicted molar refractivity (Wildman–Crippen MR) is 142 cm³/mol. The van der Waals surface area contributed by atoms with Crippen LogP contribution in [0.3, 0.4) is 0 Å². The molecule has 0 aliphatic heterocycles. The fraction of sp³-hybridized carbons (Fsp3) is 0.467. The van der Waals surface area contributed by atoms with Crippen molar-refractivity contribution in [1.82, 2.24) is 0 Å². The van der Waals surface area contributed by atoms with Crippen LogP contribution in [0.25, 0.3) is 0 Å². The molecule has 0 spiro atoms. The van der Waals surface area contributed by atoms with Gasteiger partial charge in [-0.1, -0.05) is 57.9 Å². The highest BCUT2D eigenvalue weighted by Gasteiger charge is 2.12. The van der Waals surface area contributed by atoms with Crippen molar-refractivity contribution in [2.24, 2.45) is 9.98 Å². The molecule has 0 unspecified atom stereocenters. The summed E-state index contributed by atoms with van der Waals surface area (Å²) in [7, 11) is 0. The smallest absolute Gasteiger partial charge is 0.0666 e. The van der Waals surface area contributed by atoms with E-state index in [1.165, 1.54) is 16.7 Å². The number of hydrogen-bond donors (Lipinski definition) is 0. The molecule has 0 heterocycles. The second kappa shape index (κ2) is 14.4. The first-order valence-corrected chi connectivity index (χ1v) is 12.3. The molecule has 0 aliphatic carbocycles. The Morgan fingerprint density at radius 3 is 2.03 bits per heavy atom. The van der Waals surface area contributed by atoms with E-state index in [1.807, 2.05) is 0 Å². The summed E-state index contributed by atoms with van der Waals surface area (Å²) in [6.07, 6.45) is 9.22. The number of hydrogen-bond acceptors (Lipinski definition) is 2. The standard InChI is InChI=1S/C30H40N2/c1-6-9-12-13-16-26-17-14-15-20-28(26)32-30(19-11-8-3)29(18-10-7-2)31-27-22-24(4)21-25(5)23-27/h14-15,17,20-23H,6-8,10-11,13,16,18-19H2,1-5H3. The minimum Gasteiger partial charge on any atom is -0.252 e. The summed E-state index contributed by atoms with van der Waals surface area (Å²) in [5.74, 6) is 6.45. The van der Waals surface area contributed by atoms with E-state index >= 15 is 0 Å². The first kappa shape index (κ1) is 25.6. The van der Waals surface area contributed by atoms with Gasteiger partial charge < -0.3 is 0 Å². The van der Waals surface area contributed by atoms with Crippen LogP contribution in [0.2, 0.25) is 0 Å². The van der Waals surface area contributed by atoms with Gasteiger partial charge in [-0.05, 0) is 80.8 Å². The zero-order valence-corrected chi connectivity index (χ0v) is 20.8. The number of aliphatic imine (C=N–C) groups is 2. The lowest BCUT2D eigenvalue weighted by Gasteiger charge is -2.13.